The zero-order chi connectivity index (χ0) is 14.4. The van der Waals surface area contributed by atoms with Crippen LogP contribution in [0, 0.1) is 0 Å². The van der Waals surface area contributed by atoms with Gasteiger partial charge in [-0.3, -0.25) is 0 Å². The van der Waals surface area contributed by atoms with Crippen molar-refractivity contribution in [2.24, 2.45) is 0 Å². The average molecular weight is 350 g/mol. The smallest absolute Gasteiger partial charge is 0.0243 e. The van der Waals surface area contributed by atoms with E-state index in [1.807, 2.05) is 11.8 Å². The third-order valence-electron chi connectivity index (χ3n) is 2.97. The van der Waals surface area contributed by atoms with Crippen molar-refractivity contribution in [2.75, 3.05) is 0 Å². The van der Waals surface area contributed by atoms with E-state index >= 15 is 0 Å². The van der Waals surface area contributed by atoms with Crippen molar-refractivity contribution in [2.45, 2.75) is 37.1 Å². The number of benzene rings is 2. The highest BCUT2D eigenvalue weighted by Gasteiger charge is 2.02. The Bertz CT molecular complexity index is 554. The van der Waals surface area contributed by atoms with E-state index in [1.165, 1.54) is 20.5 Å². The van der Waals surface area contributed by atoms with Crippen LogP contribution in [0.15, 0.2) is 57.9 Å². The van der Waals surface area contributed by atoms with Gasteiger partial charge in [0.25, 0.3) is 0 Å². The van der Waals surface area contributed by atoms with Crippen LogP contribution in [0.2, 0.25) is 0 Å². The predicted molar refractivity (Wildman–Crippen MR) is 92.1 cm³/mol. The molecule has 0 fully saturated rings. The molecule has 0 heterocycles. The number of hydrogen-bond donors (Lipinski definition) is 1. The Morgan fingerprint density at radius 2 is 1.90 bits per heavy atom. The molecule has 0 unspecified atom stereocenters. The molecule has 0 amide bonds. The van der Waals surface area contributed by atoms with Crippen molar-refractivity contribution in [3.63, 3.8) is 0 Å². The van der Waals surface area contributed by atoms with E-state index < -0.39 is 0 Å². The second kappa shape index (κ2) is 7.87. The van der Waals surface area contributed by atoms with Gasteiger partial charge in [0.15, 0.2) is 0 Å². The molecule has 0 bridgehead atoms. The van der Waals surface area contributed by atoms with Gasteiger partial charge in [0, 0.05) is 27.7 Å². The molecular weight excluding hydrogens is 330 g/mol. The summed E-state index contributed by atoms with van der Waals surface area (Å²) in [4.78, 5) is 1.32. The van der Waals surface area contributed by atoms with Gasteiger partial charge in [0.1, 0.15) is 0 Å². The summed E-state index contributed by atoms with van der Waals surface area (Å²) >= 11 is 5.48. The SMILES string of the molecule is CC(C)NCc1cccc(SCc2ccccc2Br)c1. The molecule has 2 aromatic carbocycles. The molecule has 1 nitrogen and oxygen atoms in total. The van der Waals surface area contributed by atoms with E-state index in [4.69, 9.17) is 0 Å². The monoisotopic (exact) mass is 349 g/mol. The maximum Gasteiger partial charge on any atom is 0.0243 e. The van der Waals surface area contributed by atoms with E-state index in [1.54, 1.807) is 0 Å². The van der Waals surface area contributed by atoms with Crippen LogP contribution >= 0.6 is 27.7 Å². The van der Waals surface area contributed by atoms with Gasteiger partial charge in [-0.1, -0.05) is 60.1 Å². The summed E-state index contributed by atoms with van der Waals surface area (Å²) in [7, 11) is 0. The molecule has 3 heteroatoms. The van der Waals surface area contributed by atoms with Gasteiger partial charge >= 0.3 is 0 Å². The molecule has 0 saturated carbocycles. The van der Waals surface area contributed by atoms with E-state index in [0.717, 1.165) is 12.3 Å². The summed E-state index contributed by atoms with van der Waals surface area (Å²) in [5.41, 5.74) is 2.68. The van der Waals surface area contributed by atoms with Crippen LogP contribution in [0.3, 0.4) is 0 Å². The van der Waals surface area contributed by atoms with Crippen molar-refractivity contribution in [3.05, 3.63) is 64.1 Å². The van der Waals surface area contributed by atoms with Crippen LogP contribution in [0.1, 0.15) is 25.0 Å². The highest BCUT2D eigenvalue weighted by atomic mass is 79.9. The standard InChI is InChI=1S/C17H20BrNS/c1-13(2)19-11-14-6-5-8-16(10-14)20-12-15-7-3-4-9-17(15)18/h3-10,13,19H,11-12H2,1-2H3. The number of halogens is 1. The number of rotatable bonds is 6. The maximum atomic E-state index is 3.60. The summed E-state index contributed by atoms with van der Waals surface area (Å²) in [6.07, 6.45) is 0. The minimum absolute atomic E-state index is 0.520. The van der Waals surface area contributed by atoms with Crippen molar-refractivity contribution >= 4 is 27.7 Å². The van der Waals surface area contributed by atoms with Crippen LogP contribution in [0.25, 0.3) is 0 Å². The molecule has 1 N–H and O–H groups in total. The molecule has 0 aliphatic rings. The Morgan fingerprint density at radius 3 is 2.65 bits per heavy atom. The van der Waals surface area contributed by atoms with Gasteiger partial charge < -0.3 is 5.32 Å². The van der Waals surface area contributed by atoms with Gasteiger partial charge in [-0.25, -0.2) is 0 Å². The first-order valence-corrected chi connectivity index (χ1v) is 8.61. The normalized spacial score (nSPS) is 11.0. The summed E-state index contributed by atoms with van der Waals surface area (Å²) in [5, 5.41) is 3.46. The first kappa shape index (κ1) is 15.6. The Labute approximate surface area is 134 Å². The zero-order valence-corrected chi connectivity index (χ0v) is 14.3. The molecule has 20 heavy (non-hydrogen) atoms. The lowest BCUT2D eigenvalue weighted by Crippen LogP contribution is -2.21. The fourth-order valence-electron chi connectivity index (χ4n) is 1.84. The maximum absolute atomic E-state index is 3.60. The number of thioether (sulfide) groups is 1. The first-order chi connectivity index (χ1) is 9.65. The average Bonchev–Trinajstić information content (AvgIpc) is 2.45. The van der Waals surface area contributed by atoms with Gasteiger partial charge in [0.05, 0.1) is 0 Å². The molecular formula is C17H20BrNS. The molecule has 0 aliphatic heterocycles. The Balaban J connectivity index is 1.96. The summed E-state index contributed by atoms with van der Waals surface area (Å²) in [6.45, 7) is 5.28. The molecule has 0 aromatic heterocycles. The van der Waals surface area contributed by atoms with Crippen LogP contribution in [0.5, 0.6) is 0 Å². The Morgan fingerprint density at radius 1 is 1.10 bits per heavy atom. The summed E-state index contributed by atoms with van der Waals surface area (Å²) in [6, 6.07) is 17.7. The third-order valence-corrected chi connectivity index (χ3v) is 4.78. The Kier molecular flexibility index (Phi) is 6.14. The molecule has 106 valence electrons. The molecule has 0 saturated heterocycles. The fourth-order valence-corrected chi connectivity index (χ4v) is 3.44. The molecule has 0 spiro atoms. The lowest BCUT2D eigenvalue weighted by Gasteiger charge is -2.09. The zero-order valence-electron chi connectivity index (χ0n) is 11.9. The van der Waals surface area contributed by atoms with E-state index in [-0.39, 0.29) is 0 Å². The van der Waals surface area contributed by atoms with E-state index in [2.05, 4.69) is 83.6 Å². The van der Waals surface area contributed by atoms with Gasteiger partial charge in [-0.15, -0.1) is 11.8 Å². The van der Waals surface area contributed by atoms with Crippen LogP contribution in [0.4, 0.5) is 0 Å². The molecule has 0 radical (unpaired) electrons. The van der Waals surface area contributed by atoms with E-state index in [0.29, 0.717) is 6.04 Å². The topological polar surface area (TPSA) is 12.0 Å². The Hall–Kier alpha value is -0.770. The first-order valence-electron chi connectivity index (χ1n) is 6.83. The van der Waals surface area contributed by atoms with E-state index in [9.17, 15) is 0 Å². The molecule has 2 aromatic rings. The number of hydrogen-bond acceptors (Lipinski definition) is 2. The van der Waals surface area contributed by atoms with Crippen molar-refractivity contribution in [1.29, 1.82) is 0 Å². The van der Waals surface area contributed by atoms with Gasteiger partial charge in [-0.2, -0.15) is 0 Å². The number of nitrogens with one attached hydrogen (secondary N) is 1. The largest absolute Gasteiger partial charge is 0.310 e. The summed E-state index contributed by atoms with van der Waals surface area (Å²) in [5.74, 6) is 0.989. The highest BCUT2D eigenvalue weighted by Crippen LogP contribution is 2.27. The van der Waals surface area contributed by atoms with Gasteiger partial charge in [-0.05, 0) is 29.3 Å². The molecule has 2 rings (SSSR count). The van der Waals surface area contributed by atoms with Crippen LogP contribution in [-0.4, -0.2) is 6.04 Å². The minimum Gasteiger partial charge on any atom is -0.310 e. The second-order valence-corrected chi connectivity index (χ2v) is 6.97. The van der Waals surface area contributed by atoms with Gasteiger partial charge in [0.2, 0.25) is 0 Å². The summed E-state index contributed by atoms with van der Waals surface area (Å²) < 4.78 is 1.19. The third kappa shape index (κ3) is 4.97. The minimum atomic E-state index is 0.520. The quantitative estimate of drug-likeness (QED) is 0.715. The van der Waals surface area contributed by atoms with Crippen LogP contribution in [-0.2, 0) is 12.3 Å². The lowest BCUT2D eigenvalue weighted by molar-refractivity contribution is 0.588. The molecule has 0 aliphatic carbocycles. The lowest BCUT2D eigenvalue weighted by atomic mass is 10.2. The fraction of sp³-hybridized carbons (Fsp3) is 0.294. The van der Waals surface area contributed by atoms with Crippen molar-refractivity contribution in [3.8, 4) is 0 Å². The predicted octanol–water partition coefficient (Wildman–Crippen LogP) is 5.24. The van der Waals surface area contributed by atoms with Crippen molar-refractivity contribution < 1.29 is 0 Å². The van der Waals surface area contributed by atoms with Crippen LogP contribution < -0.4 is 5.32 Å². The highest BCUT2D eigenvalue weighted by molar-refractivity contribution is 9.10. The second-order valence-electron chi connectivity index (χ2n) is 5.06. The van der Waals surface area contributed by atoms with Crippen molar-refractivity contribution in [1.82, 2.24) is 5.32 Å². The molecule has 0 atom stereocenters.